The molecule has 3 nitrogen and oxygen atoms in total. The molecule has 1 N–H and O–H groups in total. The topological polar surface area (TPSA) is 18.5 Å². The zero-order valence-electron chi connectivity index (χ0n) is 12.3. The average molecular weight is 291 g/mol. The largest absolute Gasteiger partial charge is 0.315 e. The van der Waals surface area contributed by atoms with Gasteiger partial charge in [-0.1, -0.05) is 18.2 Å². The van der Waals surface area contributed by atoms with Crippen molar-refractivity contribution in [2.75, 3.05) is 45.5 Å². The maximum absolute atomic E-state index is 3.48. The average Bonchev–Trinajstić information content (AvgIpc) is 3.03. The van der Waals surface area contributed by atoms with E-state index in [1.807, 2.05) is 11.8 Å². The van der Waals surface area contributed by atoms with Crippen molar-refractivity contribution in [3.05, 3.63) is 29.8 Å². The van der Waals surface area contributed by atoms with Crippen LogP contribution in [0.1, 0.15) is 12.0 Å². The van der Waals surface area contributed by atoms with E-state index in [1.54, 1.807) is 0 Å². The van der Waals surface area contributed by atoms with Crippen LogP contribution in [0.15, 0.2) is 29.2 Å². The second-order valence-electron chi connectivity index (χ2n) is 5.77. The minimum atomic E-state index is 0.788. The first-order valence-electron chi connectivity index (χ1n) is 7.66. The molecule has 0 spiro atoms. The zero-order chi connectivity index (χ0) is 13.8. The van der Waals surface area contributed by atoms with Crippen molar-refractivity contribution >= 4 is 11.8 Å². The summed E-state index contributed by atoms with van der Waals surface area (Å²) >= 11 is 1.86. The number of hydrogen-bond acceptors (Lipinski definition) is 4. The second-order valence-corrected chi connectivity index (χ2v) is 6.62. The molecule has 1 aromatic rings. The number of benzene rings is 1. The summed E-state index contributed by atoms with van der Waals surface area (Å²) in [7, 11) is 0. The van der Waals surface area contributed by atoms with Crippen molar-refractivity contribution in [2.45, 2.75) is 23.9 Å². The van der Waals surface area contributed by atoms with E-state index in [1.165, 1.54) is 56.1 Å². The summed E-state index contributed by atoms with van der Waals surface area (Å²) in [6.45, 7) is 8.37. The highest BCUT2D eigenvalue weighted by molar-refractivity contribution is 7.98. The van der Waals surface area contributed by atoms with Crippen LogP contribution in [-0.4, -0.2) is 61.4 Å². The molecule has 0 amide bonds. The lowest BCUT2D eigenvalue weighted by Gasteiger charge is -2.38. The fourth-order valence-corrected chi connectivity index (χ4v) is 3.92. The minimum Gasteiger partial charge on any atom is -0.315 e. The van der Waals surface area contributed by atoms with Gasteiger partial charge in [0.15, 0.2) is 0 Å². The van der Waals surface area contributed by atoms with Crippen LogP contribution in [0.25, 0.3) is 0 Å². The monoisotopic (exact) mass is 291 g/mol. The van der Waals surface area contributed by atoms with Crippen molar-refractivity contribution < 1.29 is 0 Å². The molecule has 110 valence electrons. The molecule has 2 aliphatic heterocycles. The Morgan fingerprint density at radius 1 is 1.20 bits per heavy atom. The van der Waals surface area contributed by atoms with Gasteiger partial charge in [0.2, 0.25) is 0 Å². The number of nitrogens with one attached hydrogen (secondary N) is 1. The summed E-state index contributed by atoms with van der Waals surface area (Å²) in [5.74, 6) is 0. The Bertz CT molecular complexity index is 423. The normalized spacial score (nSPS) is 25.1. The van der Waals surface area contributed by atoms with Crippen LogP contribution in [-0.2, 0) is 6.54 Å². The smallest absolute Gasteiger partial charge is 0.0245 e. The molecule has 2 heterocycles. The fraction of sp³-hybridized carbons (Fsp3) is 0.625. The number of thioether (sulfide) groups is 1. The Hall–Kier alpha value is -0.550. The Balaban J connectivity index is 1.53. The molecular formula is C16H25N3S. The highest BCUT2D eigenvalue weighted by Gasteiger charge is 2.25. The minimum absolute atomic E-state index is 0.788. The van der Waals surface area contributed by atoms with Gasteiger partial charge in [0.1, 0.15) is 0 Å². The van der Waals surface area contributed by atoms with Crippen molar-refractivity contribution in [3.8, 4) is 0 Å². The van der Waals surface area contributed by atoms with Gasteiger partial charge in [0, 0.05) is 50.2 Å². The zero-order valence-corrected chi connectivity index (χ0v) is 13.2. The van der Waals surface area contributed by atoms with Crippen LogP contribution < -0.4 is 5.32 Å². The van der Waals surface area contributed by atoms with Crippen LogP contribution in [0.4, 0.5) is 0 Å². The molecule has 0 aliphatic carbocycles. The number of hydrogen-bond donors (Lipinski definition) is 1. The van der Waals surface area contributed by atoms with E-state index in [0.29, 0.717) is 0 Å². The van der Waals surface area contributed by atoms with Gasteiger partial charge in [-0.2, -0.15) is 0 Å². The van der Waals surface area contributed by atoms with Gasteiger partial charge < -0.3 is 5.32 Å². The number of rotatable bonds is 4. The van der Waals surface area contributed by atoms with Crippen molar-refractivity contribution in [1.82, 2.24) is 15.1 Å². The standard InChI is InChI=1S/C16H25N3S/c1-20-16-5-3-2-4-14(16)13-18-8-10-19(11-9-18)15-6-7-17-12-15/h2-5,15,17H,6-13H2,1H3/t15-/m1/s1. The predicted octanol–water partition coefficient (Wildman–Crippen LogP) is 1.89. The summed E-state index contributed by atoms with van der Waals surface area (Å²) in [6, 6.07) is 9.60. The van der Waals surface area contributed by atoms with Gasteiger partial charge in [-0.25, -0.2) is 0 Å². The van der Waals surface area contributed by atoms with Crippen LogP contribution in [0, 0.1) is 0 Å². The maximum atomic E-state index is 3.48. The van der Waals surface area contributed by atoms with Crippen LogP contribution >= 0.6 is 11.8 Å². The lowest BCUT2D eigenvalue weighted by atomic mass is 10.1. The molecule has 0 unspecified atom stereocenters. The van der Waals surface area contributed by atoms with E-state index in [9.17, 15) is 0 Å². The van der Waals surface area contributed by atoms with E-state index >= 15 is 0 Å². The molecule has 1 atom stereocenters. The summed E-state index contributed by atoms with van der Waals surface area (Å²) in [4.78, 5) is 6.71. The summed E-state index contributed by atoms with van der Waals surface area (Å²) in [6.07, 6.45) is 3.50. The van der Waals surface area contributed by atoms with E-state index in [2.05, 4.69) is 45.6 Å². The lowest BCUT2D eigenvalue weighted by molar-refractivity contribution is 0.0977. The Kier molecular flexibility index (Phi) is 4.99. The fourth-order valence-electron chi connectivity index (χ4n) is 3.31. The molecule has 20 heavy (non-hydrogen) atoms. The Morgan fingerprint density at radius 2 is 2.00 bits per heavy atom. The molecule has 3 rings (SSSR count). The summed E-state index contributed by atoms with van der Waals surface area (Å²) < 4.78 is 0. The van der Waals surface area contributed by atoms with Gasteiger partial charge in [0.25, 0.3) is 0 Å². The number of nitrogens with zero attached hydrogens (tertiary/aromatic N) is 2. The highest BCUT2D eigenvalue weighted by Crippen LogP contribution is 2.22. The number of piperazine rings is 1. The molecule has 0 bridgehead atoms. The van der Waals surface area contributed by atoms with E-state index < -0.39 is 0 Å². The van der Waals surface area contributed by atoms with Crippen molar-refractivity contribution in [1.29, 1.82) is 0 Å². The molecule has 0 saturated carbocycles. The van der Waals surface area contributed by atoms with E-state index in [-0.39, 0.29) is 0 Å². The Labute approximate surface area is 126 Å². The SMILES string of the molecule is CSc1ccccc1CN1CCN([C@@H]2CCNC2)CC1. The summed E-state index contributed by atoms with van der Waals surface area (Å²) in [5.41, 5.74) is 1.48. The molecule has 0 aromatic heterocycles. The molecule has 2 saturated heterocycles. The first-order valence-corrected chi connectivity index (χ1v) is 8.88. The second kappa shape index (κ2) is 6.94. The van der Waals surface area contributed by atoms with Gasteiger partial charge in [-0.3, -0.25) is 9.80 Å². The van der Waals surface area contributed by atoms with Crippen LogP contribution in [0.2, 0.25) is 0 Å². The first-order chi connectivity index (χ1) is 9.86. The van der Waals surface area contributed by atoms with Crippen molar-refractivity contribution in [2.24, 2.45) is 0 Å². The predicted molar refractivity (Wildman–Crippen MR) is 86.3 cm³/mol. The quantitative estimate of drug-likeness (QED) is 0.854. The summed E-state index contributed by atoms with van der Waals surface area (Å²) in [5, 5.41) is 3.48. The van der Waals surface area contributed by atoms with Crippen LogP contribution in [0.3, 0.4) is 0 Å². The van der Waals surface area contributed by atoms with Gasteiger partial charge in [0.05, 0.1) is 0 Å². The molecule has 0 radical (unpaired) electrons. The Morgan fingerprint density at radius 3 is 2.70 bits per heavy atom. The van der Waals surface area contributed by atoms with Crippen molar-refractivity contribution in [3.63, 3.8) is 0 Å². The van der Waals surface area contributed by atoms with E-state index in [0.717, 1.165) is 12.6 Å². The van der Waals surface area contributed by atoms with Gasteiger partial charge in [-0.15, -0.1) is 11.8 Å². The maximum Gasteiger partial charge on any atom is 0.0245 e. The lowest BCUT2D eigenvalue weighted by Crippen LogP contribution is -2.50. The third-order valence-corrected chi connectivity index (χ3v) is 5.38. The van der Waals surface area contributed by atoms with Crippen LogP contribution in [0.5, 0.6) is 0 Å². The van der Waals surface area contributed by atoms with Gasteiger partial charge in [-0.05, 0) is 30.9 Å². The molecule has 2 aliphatic rings. The highest BCUT2D eigenvalue weighted by atomic mass is 32.2. The molecule has 1 aromatic carbocycles. The third-order valence-electron chi connectivity index (χ3n) is 4.54. The third kappa shape index (κ3) is 3.37. The van der Waals surface area contributed by atoms with Gasteiger partial charge >= 0.3 is 0 Å². The first kappa shape index (κ1) is 14.4. The molecular weight excluding hydrogens is 266 g/mol. The van der Waals surface area contributed by atoms with E-state index in [4.69, 9.17) is 0 Å². The molecule has 2 fully saturated rings. The molecule has 4 heteroatoms.